The van der Waals surface area contributed by atoms with E-state index in [4.69, 9.17) is 21.4 Å². The monoisotopic (exact) mass is 453 g/mol. The van der Waals surface area contributed by atoms with Crippen molar-refractivity contribution in [2.24, 2.45) is 0 Å². The first-order valence-electron chi connectivity index (χ1n) is 9.09. The van der Waals surface area contributed by atoms with Crippen LogP contribution < -0.4 is 10.1 Å². The maximum Gasteiger partial charge on any atom is 0.420 e. The Labute approximate surface area is 182 Å². The molecule has 0 heterocycles. The molecule has 0 fully saturated rings. The maximum absolute atomic E-state index is 13.2. The molecule has 9 heteroatoms. The number of ether oxygens (including phenoxy) is 1. The SMILES string of the molecule is CC#CC(CC(=O)O)c1ccc(NC(=O)C(C)Oc2ccc(Cl)cc2C(F)(F)F)cc1. The van der Waals surface area contributed by atoms with E-state index in [1.807, 2.05) is 0 Å². The Kier molecular flexibility index (Phi) is 7.95. The number of carbonyl (C=O) groups is 2. The minimum atomic E-state index is -4.69. The van der Waals surface area contributed by atoms with Crippen molar-refractivity contribution in [3.63, 3.8) is 0 Å². The van der Waals surface area contributed by atoms with Gasteiger partial charge in [-0.3, -0.25) is 9.59 Å². The van der Waals surface area contributed by atoms with Gasteiger partial charge in [0.15, 0.2) is 6.10 Å². The molecule has 0 aliphatic rings. The van der Waals surface area contributed by atoms with Gasteiger partial charge in [-0.1, -0.05) is 29.7 Å². The summed E-state index contributed by atoms with van der Waals surface area (Å²) in [6.07, 6.45) is -6.09. The number of anilines is 1. The number of alkyl halides is 3. The van der Waals surface area contributed by atoms with Crippen molar-refractivity contribution in [3.05, 3.63) is 58.6 Å². The Bertz CT molecular complexity index is 1010. The molecule has 0 spiro atoms. The number of halogens is 4. The van der Waals surface area contributed by atoms with Crippen molar-refractivity contribution in [1.29, 1.82) is 0 Å². The molecule has 0 saturated carbocycles. The molecule has 31 heavy (non-hydrogen) atoms. The van der Waals surface area contributed by atoms with E-state index in [-0.39, 0.29) is 11.4 Å². The lowest BCUT2D eigenvalue weighted by Gasteiger charge is -2.19. The Morgan fingerprint density at radius 3 is 2.39 bits per heavy atom. The van der Waals surface area contributed by atoms with Crippen molar-refractivity contribution in [1.82, 2.24) is 0 Å². The molecule has 0 saturated heterocycles. The van der Waals surface area contributed by atoms with Gasteiger partial charge in [0.2, 0.25) is 0 Å². The lowest BCUT2D eigenvalue weighted by atomic mass is 9.96. The minimum absolute atomic E-state index is 0.106. The number of benzene rings is 2. The summed E-state index contributed by atoms with van der Waals surface area (Å²) in [5, 5.41) is 11.4. The molecule has 0 radical (unpaired) electrons. The van der Waals surface area contributed by atoms with E-state index in [9.17, 15) is 22.8 Å². The van der Waals surface area contributed by atoms with Crippen molar-refractivity contribution >= 4 is 29.2 Å². The summed E-state index contributed by atoms with van der Waals surface area (Å²) in [5.41, 5.74) is -0.0459. The van der Waals surface area contributed by atoms with Crippen LogP contribution in [0.3, 0.4) is 0 Å². The third kappa shape index (κ3) is 6.93. The zero-order valence-corrected chi connectivity index (χ0v) is 17.3. The van der Waals surface area contributed by atoms with Gasteiger partial charge >= 0.3 is 12.1 Å². The maximum atomic E-state index is 13.2. The van der Waals surface area contributed by atoms with Crippen LogP contribution in [0.4, 0.5) is 18.9 Å². The quantitative estimate of drug-likeness (QED) is 0.554. The van der Waals surface area contributed by atoms with Gasteiger partial charge in [-0.25, -0.2) is 0 Å². The summed E-state index contributed by atoms with van der Waals surface area (Å²) in [4.78, 5) is 23.4. The van der Waals surface area contributed by atoms with Crippen LogP contribution in [0, 0.1) is 11.8 Å². The summed E-state index contributed by atoms with van der Waals surface area (Å²) < 4.78 is 44.8. The van der Waals surface area contributed by atoms with Gasteiger partial charge in [-0.2, -0.15) is 13.2 Å². The fraction of sp³-hybridized carbons (Fsp3) is 0.273. The first kappa shape index (κ1) is 24.1. The number of carbonyl (C=O) groups excluding carboxylic acids is 1. The smallest absolute Gasteiger partial charge is 0.420 e. The van der Waals surface area contributed by atoms with Crippen LogP contribution in [0.1, 0.15) is 37.3 Å². The number of amides is 1. The standard InChI is InChI=1S/C22H19ClF3NO4/c1-3-4-15(11-20(28)29)14-5-8-17(9-6-14)27-21(30)13(2)31-19-10-7-16(23)12-18(19)22(24,25)26/h5-10,12-13,15H,11H2,1-2H3,(H,27,30)(H,28,29). The van der Waals surface area contributed by atoms with Crippen LogP contribution in [0.2, 0.25) is 5.02 Å². The topological polar surface area (TPSA) is 75.6 Å². The predicted molar refractivity (Wildman–Crippen MR) is 110 cm³/mol. The second kappa shape index (κ2) is 10.2. The summed E-state index contributed by atoms with van der Waals surface area (Å²) in [7, 11) is 0. The van der Waals surface area contributed by atoms with Crippen LogP contribution in [-0.4, -0.2) is 23.1 Å². The van der Waals surface area contributed by atoms with Crippen molar-refractivity contribution in [2.45, 2.75) is 38.5 Å². The summed E-state index contributed by atoms with van der Waals surface area (Å²) in [6, 6.07) is 9.38. The Hall–Kier alpha value is -3.18. The number of carboxylic acid groups (broad SMARTS) is 1. The molecule has 5 nitrogen and oxygen atoms in total. The van der Waals surface area contributed by atoms with Gasteiger partial charge in [-0.15, -0.1) is 5.92 Å². The van der Waals surface area contributed by atoms with Crippen molar-refractivity contribution in [3.8, 4) is 17.6 Å². The molecule has 0 aliphatic heterocycles. The summed E-state index contributed by atoms with van der Waals surface area (Å²) in [6.45, 7) is 2.92. The van der Waals surface area contributed by atoms with E-state index in [2.05, 4.69) is 17.2 Å². The van der Waals surface area contributed by atoms with Crippen LogP contribution in [0.25, 0.3) is 0 Å². The van der Waals surface area contributed by atoms with E-state index < -0.39 is 41.4 Å². The van der Waals surface area contributed by atoms with E-state index in [0.29, 0.717) is 11.3 Å². The molecular weight excluding hydrogens is 435 g/mol. The number of rotatable bonds is 7. The van der Waals surface area contributed by atoms with Gasteiger partial charge < -0.3 is 15.2 Å². The lowest BCUT2D eigenvalue weighted by Crippen LogP contribution is -2.30. The molecule has 1 amide bonds. The molecule has 2 atom stereocenters. The van der Waals surface area contributed by atoms with Gasteiger partial charge in [0.05, 0.1) is 17.9 Å². The first-order chi connectivity index (χ1) is 14.5. The van der Waals surface area contributed by atoms with Crippen molar-refractivity contribution < 1.29 is 32.6 Å². The molecule has 2 rings (SSSR count). The molecule has 2 aromatic rings. The Balaban J connectivity index is 2.10. The highest BCUT2D eigenvalue weighted by Gasteiger charge is 2.35. The van der Waals surface area contributed by atoms with Crippen LogP contribution in [-0.2, 0) is 15.8 Å². The summed E-state index contributed by atoms with van der Waals surface area (Å²) >= 11 is 5.64. The molecule has 0 aliphatic carbocycles. The van der Waals surface area contributed by atoms with E-state index in [1.165, 1.54) is 13.0 Å². The normalized spacial score (nSPS) is 12.8. The van der Waals surface area contributed by atoms with Crippen molar-refractivity contribution in [2.75, 3.05) is 5.32 Å². The van der Waals surface area contributed by atoms with Gasteiger partial charge in [0.1, 0.15) is 5.75 Å². The van der Waals surface area contributed by atoms with E-state index >= 15 is 0 Å². The zero-order valence-electron chi connectivity index (χ0n) is 16.6. The molecule has 2 unspecified atom stereocenters. The molecule has 2 N–H and O–H groups in total. The van der Waals surface area contributed by atoms with Crippen LogP contribution >= 0.6 is 11.6 Å². The third-order valence-corrected chi connectivity index (χ3v) is 4.43. The second-order valence-electron chi connectivity index (χ2n) is 6.55. The number of carboxylic acids is 1. The van der Waals surface area contributed by atoms with Gasteiger partial charge in [0.25, 0.3) is 5.91 Å². The van der Waals surface area contributed by atoms with Gasteiger partial charge in [0, 0.05) is 10.7 Å². The lowest BCUT2D eigenvalue weighted by molar-refractivity contribution is -0.140. The Morgan fingerprint density at radius 1 is 1.19 bits per heavy atom. The fourth-order valence-electron chi connectivity index (χ4n) is 2.71. The van der Waals surface area contributed by atoms with Crippen LogP contribution in [0.15, 0.2) is 42.5 Å². The van der Waals surface area contributed by atoms with E-state index in [1.54, 1.807) is 31.2 Å². The number of aliphatic carboxylic acids is 1. The molecule has 164 valence electrons. The number of hydrogen-bond donors (Lipinski definition) is 2. The second-order valence-corrected chi connectivity index (χ2v) is 6.99. The highest BCUT2D eigenvalue weighted by Crippen LogP contribution is 2.38. The third-order valence-electron chi connectivity index (χ3n) is 4.20. The number of hydrogen-bond acceptors (Lipinski definition) is 3. The predicted octanol–water partition coefficient (Wildman–Crippen LogP) is 5.35. The highest BCUT2D eigenvalue weighted by molar-refractivity contribution is 6.30. The average Bonchev–Trinajstić information content (AvgIpc) is 2.68. The molecular formula is C22H19ClF3NO4. The van der Waals surface area contributed by atoms with Gasteiger partial charge in [-0.05, 0) is 49.7 Å². The molecule has 0 bridgehead atoms. The fourth-order valence-corrected chi connectivity index (χ4v) is 2.89. The highest BCUT2D eigenvalue weighted by atomic mass is 35.5. The Morgan fingerprint density at radius 2 is 1.84 bits per heavy atom. The largest absolute Gasteiger partial charge is 0.481 e. The summed E-state index contributed by atoms with van der Waals surface area (Å²) in [5.74, 6) is 2.85. The van der Waals surface area contributed by atoms with Crippen LogP contribution in [0.5, 0.6) is 5.75 Å². The average molecular weight is 454 g/mol. The molecule has 0 aromatic heterocycles. The number of nitrogens with one attached hydrogen (secondary N) is 1. The van der Waals surface area contributed by atoms with E-state index in [0.717, 1.165) is 12.1 Å². The molecule has 2 aromatic carbocycles. The first-order valence-corrected chi connectivity index (χ1v) is 9.47. The minimum Gasteiger partial charge on any atom is -0.481 e. The zero-order chi connectivity index (χ0) is 23.2.